The molecule has 4 aromatic rings. The third kappa shape index (κ3) is 3.18. The molecule has 0 bridgehead atoms. The van der Waals surface area contributed by atoms with Gasteiger partial charge in [-0.15, -0.1) is 10.2 Å². The van der Waals surface area contributed by atoms with Crippen molar-refractivity contribution in [3.8, 4) is 0 Å². The van der Waals surface area contributed by atoms with E-state index >= 15 is 0 Å². The lowest BCUT2D eigenvalue weighted by Crippen LogP contribution is -2.30. The average molecular weight is 420 g/mol. The van der Waals surface area contributed by atoms with Crippen LogP contribution in [0.1, 0.15) is 11.3 Å². The highest BCUT2D eigenvalue weighted by molar-refractivity contribution is 8.00. The zero-order chi connectivity index (χ0) is 20.0. The van der Waals surface area contributed by atoms with Crippen molar-refractivity contribution in [3.63, 3.8) is 0 Å². The number of rotatable bonds is 3. The number of hydrogen-bond acceptors (Lipinski definition) is 6. The molecule has 1 aliphatic rings. The van der Waals surface area contributed by atoms with Crippen LogP contribution in [-0.2, 0) is 4.79 Å². The van der Waals surface area contributed by atoms with E-state index in [2.05, 4.69) is 15.3 Å². The highest BCUT2D eigenvalue weighted by atomic mass is 32.2. The quantitative estimate of drug-likeness (QED) is 0.450. The molecule has 0 atom stereocenters. The fourth-order valence-electron chi connectivity index (χ4n) is 3.42. The number of carbonyl (C=O) groups is 1. The molecule has 0 unspecified atom stereocenters. The number of thioether (sulfide) groups is 1. The number of amides is 1. The lowest BCUT2D eigenvalue weighted by atomic mass is 10.2. The largest absolute Gasteiger partial charge is 0.278 e. The second-order valence-electron chi connectivity index (χ2n) is 6.74. The molecule has 2 aromatic carbocycles. The van der Waals surface area contributed by atoms with Crippen LogP contribution in [0.15, 0.2) is 69.5 Å². The summed E-state index contributed by atoms with van der Waals surface area (Å²) in [7, 11) is 0. The molecule has 0 saturated carbocycles. The van der Waals surface area contributed by atoms with E-state index in [1.54, 1.807) is 21.2 Å². The van der Waals surface area contributed by atoms with Gasteiger partial charge in [-0.3, -0.25) is 9.69 Å². The number of aryl methyl sites for hydroxylation is 2. The third-order valence-electron chi connectivity index (χ3n) is 4.65. The van der Waals surface area contributed by atoms with Gasteiger partial charge >= 0.3 is 0 Å². The summed E-state index contributed by atoms with van der Waals surface area (Å²) < 4.78 is 1.72. The van der Waals surface area contributed by atoms with Gasteiger partial charge in [0.15, 0.2) is 5.65 Å². The molecule has 1 aliphatic heterocycles. The zero-order valence-electron chi connectivity index (χ0n) is 15.9. The second-order valence-corrected chi connectivity index (χ2v) is 8.77. The van der Waals surface area contributed by atoms with Crippen LogP contribution in [0.5, 0.6) is 0 Å². The first-order valence-corrected chi connectivity index (χ1v) is 10.9. The van der Waals surface area contributed by atoms with Crippen molar-refractivity contribution >= 4 is 46.5 Å². The van der Waals surface area contributed by atoms with E-state index in [1.165, 1.54) is 11.8 Å². The molecule has 0 radical (unpaired) electrons. The maximum Gasteiger partial charge on any atom is 0.242 e. The van der Waals surface area contributed by atoms with Gasteiger partial charge in [-0.25, -0.2) is 0 Å². The van der Waals surface area contributed by atoms with Crippen LogP contribution < -0.4 is 4.90 Å². The number of carbonyl (C=O) groups excluding carboxylic acids is 1. The SMILES string of the molecule is Cc1cc(C)c2nnc(SCC(=O)N3c4ccccc4Sc4ccccc43)n2n1. The molecule has 1 amide bonds. The topological polar surface area (TPSA) is 63.4 Å². The van der Waals surface area contributed by atoms with Crippen LogP contribution >= 0.6 is 23.5 Å². The van der Waals surface area contributed by atoms with E-state index in [0.717, 1.165) is 38.1 Å². The Labute approximate surface area is 176 Å². The molecule has 144 valence electrons. The average Bonchev–Trinajstić information content (AvgIpc) is 3.13. The number of benzene rings is 2. The Morgan fingerprint density at radius 1 is 1.00 bits per heavy atom. The van der Waals surface area contributed by atoms with Gasteiger partial charge in [0.2, 0.25) is 11.1 Å². The number of nitrogens with zero attached hydrogens (tertiary/aromatic N) is 5. The van der Waals surface area contributed by atoms with Crippen molar-refractivity contribution in [2.24, 2.45) is 0 Å². The van der Waals surface area contributed by atoms with E-state index in [1.807, 2.05) is 68.4 Å². The molecule has 5 rings (SSSR count). The van der Waals surface area contributed by atoms with Gasteiger partial charge in [0.25, 0.3) is 0 Å². The maximum atomic E-state index is 13.3. The second kappa shape index (κ2) is 7.20. The summed E-state index contributed by atoms with van der Waals surface area (Å²) in [6, 6.07) is 18.0. The predicted molar refractivity (Wildman–Crippen MR) is 115 cm³/mol. The Morgan fingerprint density at radius 2 is 1.66 bits per heavy atom. The van der Waals surface area contributed by atoms with Gasteiger partial charge in [-0.1, -0.05) is 47.8 Å². The standard InChI is InChI=1S/C21H17N5OS2/c1-13-11-14(2)24-26-20(13)22-23-21(26)28-12-19(27)25-15-7-3-5-9-17(15)29-18-10-6-4-8-16(18)25/h3-11H,12H2,1-2H3. The van der Waals surface area contributed by atoms with Gasteiger partial charge in [0.1, 0.15) is 0 Å². The maximum absolute atomic E-state index is 13.3. The van der Waals surface area contributed by atoms with Gasteiger partial charge in [-0.05, 0) is 49.7 Å². The normalized spacial score (nSPS) is 12.7. The summed E-state index contributed by atoms with van der Waals surface area (Å²) in [6.07, 6.45) is 0. The molecule has 2 aromatic heterocycles. The molecule has 0 spiro atoms. The summed E-state index contributed by atoms with van der Waals surface area (Å²) in [5.41, 5.74) is 4.45. The Bertz CT molecular complexity index is 1210. The molecule has 0 N–H and O–H groups in total. The van der Waals surface area contributed by atoms with Crippen LogP contribution in [-0.4, -0.2) is 31.5 Å². The molecular weight excluding hydrogens is 402 g/mol. The molecule has 6 nitrogen and oxygen atoms in total. The number of anilines is 2. The highest BCUT2D eigenvalue weighted by Crippen LogP contribution is 2.48. The third-order valence-corrected chi connectivity index (χ3v) is 6.69. The molecule has 0 aliphatic carbocycles. The lowest BCUT2D eigenvalue weighted by molar-refractivity contribution is -0.115. The predicted octanol–water partition coefficient (Wildman–Crippen LogP) is 4.66. The van der Waals surface area contributed by atoms with Crippen LogP contribution in [0.3, 0.4) is 0 Å². The van der Waals surface area contributed by atoms with Gasteiger partial charge in [-0.2, -0.15) is 9.61 Å². The number of fused-ring (bicyclic) bond motifs is 3. The summed E-state index contributed by atoms with van der Waals surface area (Å²) >= 11 is 3.04. The summed E-state index contributed by atoms with van der Waals surface area (Å²) in [6.45, 7) is 3.92. The van der Waals surface area contributed by atoms with Gasteiger partial charge in [0, 0.05) is 9.79 Å². The van der Waals surface area contributed by atoms with Crippen molar-refractivity contribution in [2.75, 3.05) is 10.7 Å². The van der Waals surface area contributed by atoms with Crippen LogP contribution in [0.25, 0.3) is 5.65 Å². The van der Waals surface area contributed by atoms with Gasteiger partial charge in [0.05, 0.1) is 22.8 Å². The van der Waals surface area contributed by atoms with E-state index in [4.69, 9.17) is 0 Å². The Morgan fingerprint density at radius 3 is 2.34 bits per heavy atom. The van der Waals surface area contributed by atoms with Crippen LogP contribution in [0.2, 0.25) is 0 Å². The fraction of sp³-hybridized carbons (Fsp3) is 0.143. The lowest BCUT2D eigenvalue weighted by Gasteiger charge is -2.30. The van der Waals surface area contributed by atoms with E-state index in [0.29, 0.717) is 5.16 Å². The number of aromatic nitrogens is 4. The minimum absolute atomic E-state index is 0.00340. The molecular formula is C21H17N5OS2. The summed E-state index contributed by atoms with van der Waals surface area (Å²) in [5.74, 6) is 0.235. The number of hydrogen-bond donors (Lipinski definition) is 0. The summed E-state index contributed by atoms with van der Waals surface area (Å²) in [5, 5.41) is 13.6. The smallest absolute Gasteiger partial charge is 0.242 e. The molecule has 8 heteroatoms. The minimum atomic E-state index is -0.00340. The van der Waals surface area contributed by atoms with Crippen LogP contribution in [0.4, 0.5) is 11.4 Å². The monoisotopic (exact) mass is 419 g/mol. The highest BCUT2D eigenvalue weighted by Gasteiger charge is 2.28. The van der Waals surface area contributed by atoms with Crippen LogP contribution in [0, 0.1) is 13.8 Å². The Balaban J connectivity index is 1.46. The Kier molecular flexibility index (Phi) is 4.52. The van der Waals surface area contributed by atoms with Gasteiger partial charge < -0.3 is 0 Å². The number of para-hydroxylation sites is 2. The first kappa shape index (κ1) is 18.2. The molecule has 29 heavy (non-hydrogen) atoms. The first-order chi connectivity index (χ1) is 14.1. The molecule has 0 fully saturated rings. The minimum Gasteiger partial charge on any atom is -0.278 e. The first-order valence-electron chi connectivity index (χ1n) is 9.13. The van der Waals surface area contributed by atoms with E-state index in [-0.39, 0.29) is 11.7 Å². The van der Waals surface area contributed by atoms with Crippen molar-refractivity contribution < 1.29 is 4.79 Å². The fourth-order valence-corrected chi connectivity index (χ4v) is 5.21. The van der Waals surface area contributed by atoms with Crippen molar-refractivity contribution in [1.82, 2.24) is 19.8 Å². The molecule has 3 heterocycles. The van der Waals surface area contributed by atoms with E-state index < -0.39 is 0 Å². The Hall–Kier alpha value is -2.84. The van der Waals surface area contributed by atoms with Crippen molar-refractivity contribution in [2.45, 2.75) is 28.8 Å². The molecule has 0 saturated heterocycles. The van der Waals surface area contributed by atoms with Crippen molar-refractivity contribution in [3.05, 3.63) is 65.9 Å². The van der Waals surface area contributed by atoms with Crippen molar-refractivity contribution in [1.29, 1.82) is 0 Å². The zero-order valence-corrected chi connectivity index (χ0v) is 17.5. The van der Waals surface area contributed by atoms with E-state index in [9.17, 15) is 4.79 Å². The summed E-state index contributed by atoms with van der Waals surface area (Å²) in [4.78, 5) is 17.3.